The highest BCUT2D eigenvalue weighted by atomic mass is 16.5. The van der Waals surface area contributed by atoms with Crippen molar-refractivity contribution in [3.05, 3.63) is 69.6 Å². The maximum atomic E-state index is 12.9. The van der Waals surface area contributed by atoms with Gasteiger partial charge in [-0.1, -0.05) is 12.1 Å². The topological polar surface area (TPSA) is 109 Å². The highest BCUT2D eigenvalue weighted by Crippen LogP contribution is 2.29. The first-order valence-electron chi connectivity index (χ1n) is 10.5. The molecule has 0 bridgehead atoms. The van der Waals surface area contributed by atoms with E-state index in [1.54, 1.807) is 44.2 Å². The summed E-state index contributed by atoms with van der Waals surface area (Å²) >= 11 is 0. The number of imide groups is 1. The van der Waals surface area contributed by atoms with Crippen LogP contribution in [0.25, 0.3) is 4.85 Å². The zero-order valence-electron chi connectivity index (χ0n) is 18.2. The van der Waals surface area contributed by atoms with Gasteiger partial charge < -0.3 is 9.64 Å². The van der Waals surface area contributed by atoms with Crippen LogP contribution in [-0.4, -0.2) is 34.8 Å². The van der Waals surface area contributed by atoms with E-state index in [0.717, 1.165) is 16.7 Å². The van der Waals surface area contributed by atoms with E-state index in [2.05, 4.69) is 15.5 Å². The molecule has 2 aromatic carbocycles. The molecule has 0 saturated carbocycles. The Hall–Kier alpha value is -4.19. The van der Waals surface area contributed by atoms with E-state index in [9.17, 15) is 19.2 Å². The predicted octanol–water partition coefficient (Wildman–Crippen LogP) is 3.36. The van der Waals surface area contributed by atoms with Gasteiger partial charge in [0, 0.05) is 24.2 Å². The summed E-state index contributed by atoms with van der Waals surface area (Å²) in [5.41, 5.74) is 4.49. The van der Waals surface area contributed by atoms with E-state index in [0.29, 0.717) is 35.5 Å². The van der Waals surface area contributed by atoms with E-state index in [1.807, 2.05) is 0 Å². The fourth-order valence-electron chi connectivity index (χ4n) is 4.20. The van der Waals surface area contributed by atoms with Crippen molar-refractivity contribution >= 4 is 35.2 Å². The van der Waals surface area contributed by atoms with Crippen molar-refractivity contribution in [1.82, 2.24) is 10.2 Å². The monoisotopic (exact) mass is 446 g/mol. The van der Waals surface area contributed by atoms with Crippen LogP contribution < -0.4 is 10.6 Å². The summed E-state index contributed by atoms with van der Waals surface area (Å²) in [6.07, 6.45) is -0.151. The van der Waals surface area contributed by atoms with Gasteiger partial charge in [0.25, 0.3) is 5.91 Å². The number of nitrogens with one attached hydrogen (secondary N) is 2. The van der Waals surface area contributed by atoms with Crippen LogP contribution in [0, 0.1) is 20.4 Å². The van der Waals surface area contributed by atoms with Crippen molar-refractivity contribution in [2.75, 3.05) is 5.32 Å². The first-order chi connectivity index (χ1) is 15.8. The Labute approximate surface area is 190 Å². The first-order valence-corrected chi connectivity index (χ1v) is 10.5. The van der Waals surface area contributed by atoms with Gasteiger partial charge in [0.05, 0.1) is 6.57 Å². The number of amides is 4. The Kier molecular flexibility index (Phi) is 5.84. The second-order valence-corrected chi connectivity index (χ2v) is 8.16. The molecule has 2 heterocycles. The van der Waals surface area contributed by atoms with Crippen molar-refractivity contribution in [2.24, 2.45) is 0 Å². The fourth-order valence-corrected chi connectivity index (χ4v) is 4.20. The maximum absolute atomic E-state index is 12.9. The van der Waals surface area contributed by atoms with Gasteiger partial charge in [0.1, 0.15) is 12.6 Å². The van der Waals surface area contributed by atoms with Crippen molar-refractivity contribution < 1.29 is 23.9 Å². The SMILES string of the molecule is [C-]#[N+]c1c(C)cc(NC(=O)OCc2ccc3c(c2)C(=O)N(C2CCC(=O)NC2=O)C3)cc1C. The standard InChI is InChI=1S/C24H22N4O5/c1-13-8-17(9-14(2)21(13)25-3)26-24(32)33-12-15-4-5-16-11-28(23(31)18(16)10-15)19-6-7-20(29)27-22(19)30/h4-5,8-10,19H,6-7,11-12H2,1-2H3,(H,26,32)(H,27,29,30). The van der Waals surface area contributed by atoms with Crippen molar-refractivity contribution in [3.8, 4) is 0 Å². The van der Waals surface area contributed by atoms with E-state index in [1.165, 1.54) is 4.90 Å². The summed E-state index contributed by atoms with van der Waals surface area (Å²) in [5.74, 6) is -1.06. The number of carbonyl (C=O) groups excluding carboxylic acids is 4. The third kappa shape index (κ3) is 4.41. The maximum Gasteiger partial charge on any atom is 0.411 e. The summed E-state index contributed by atoms with van der Waals surface area (Å²) in [6.45, 7) is 11.1. The van der Waals surface area contributed by atoms with Gasteiger partial charge >= 0.3 is 6.09 Å². The number of anilines is 1. The molecule has 0 aromatic heterocycles. The van der Waals surface area contributed by atoms with E-state index >= 15 is 0 Å². The van der Waals surface area contributed by atoms with Crippen LogP contribution in [0.15, 0.2) is 30.3 Å². The second kappa shape index (κ2) is 8.74. The number of hydrogen-bond acceptors (Lipinski definition) is 5. The lowest BCUT2D eigenvalue weighted by molar-refractivity contribution is -0.136. The molecule has 33 heavy (non-hydrogen) atoms. The van der Waals surface area contributed by atoms with Crippen LogP contribution >= 0.6 is 0 Å². The zero-order chi connectivity index (χ0) is 23.7. The molecule has 0 aliphatic carbocycles. The molecule has 9 nitrogen and oxygen atoms in total. The lowest BCUT2D eigenvalue weighted by Gasteiger charge is -2.29. The number of fused-ring (bicyclic) bond motifs is 1. The third-order valence-electron chi connectivity index (χ3n) is 5.81. The molecular formula is C24H22N4O5. The van der Waals surface area contributed by atoms with Crippen LogP contribution in [0.4, 0.5) is 16.2 Å². The number of nitrogens with zero attached hydrogens (tertiary/aromatic N) is 2. The third-order valence-corrected chi connectivity index (χ3v) is 5.81. The summed E-state index contributed by atoms with van der Waals surface area (Å²) in [5, 5.41) is 4.93. The van der Waals surface area contributed by atoms with Gasteiger partial charge in [-0.3, -0.25) is 25.0 Å². The molecule has 2 N–H and O–H groups in total. The Balaban J connectivity index is 1.39. The molecule has 2 aliphatic rings. The predicted molar refractivity (Wildman–Crippen MR) is 118 cm³/mol. The number of rotatable bonds is 4. The van der Waals surface area contributed by atoms with Crippen LogP contribution in [-0.2, 0) is 27.5 Å². The number of benzene rings is 2. The molecule has 0 radical (unpaired) electrons. The molecule has 2 aliphatic heterocycles. The van der Waals surface area contributed by atoms with Gasteiger partial charge in [-0.15, -0.1) is 0 Å². The van der Waals surface area contributed by atoms with Gasteiger partial charge in [-0.05, 0) is 60.7 Å². The molecule has 4 amide bonds. The summed E-state index contributed by atoms with van der Waals surface area (Å²) in [6, 6.07) is 7.96. The van der Waals surface area contributed by atoms with Crippen molar-refractivity contribution in [2.45, 2.75) is 45.9 Å². The van der Waals surface area contributed by atoms with Crippen molar-refractivity contribution in [1.29, 1.82) is 0 Å². The number of piperidine rings is 1. The molecule has 1 unspecified atom stereocenters. The Morgan fingerprint density at radius 1 is 1.21 bits per heavy atom. The second-order valence-electron chi connectivity index (χ2n) is 8.16. The molecule has 0 spiro atoms. The minimum absolute atomic E-state index is 0.0388. The Bertz CT molecular complexity index is 1210. The Morgan fingerprint density at radius 2 is 1.94 bits per heavy atom. The number of ether oxygens (including phenoxy) is 1. The van der Waals surface area contributed by atoms with Crippen molar-refractivity contribution in [3.63, 3.8) is 0 Å². The minimum Gasteiger partial charge on any atom is -0.444 e. The molecule has 1 saturated heterocycles. The molecule has 168 valence electrons. The van der Waals surface area contributed by atoms with E-state index in [4.69, 9.17) is 11.3 Å². The largest absolute Gasteiger partial charge is 0.444 e. The smallest absolute Gasteiger partial charge is 0.411 e. The summed E-state index contributed by atoms with van der Waals surface area (Å²) in [4.78, 5) is 53.6. The molecule has 1 atom stereocenters. The van der Waals surface area contributed by atoms with E-state index < -0.39 is 18.0 Å². The highest BCUT2D eigenvalue weighted by Gasteiger charge is 2.39. The van der Waals surface area contributed by atoms with Crippen LogP contribution in [0.3, 0.4) is 0 Å². The quantitative estimate of drug-likeness (QED) is 0.553. The molecule has 1 fully saturated rings. The summed E-state index contributed by atoms with van der Waals surface area (Å²) in [7, 11) is 0. The molecular weight excluding hydrogens is 424 g/mol. The van der Waals surface area contributed by atoms with Gasteiger partial charge in [0.15, 0.2) is 5.69 Å². The molecule has 2 aromatic rings. The highest BCUT2D eigenvalue weighted by molar-refractivity contribution is 6.05. The average molecular weight is 446 g/mol. The number of hydrogen-bond donors (Lipinski definition) is 2. The van der Waals surface area contributed by atoms with Crippen LogP contribution in [0.5, 0.6) is 0 Å². The van der Waals surface area contributed by atoms with Gasteiger partial charge in [0.2, 0.25) is 11.8 Å². The van der Waals surface area contributed by atoms with Gasteiger partial charge in [-0.2, -0.15) is 0 Å². The lowest BCUT2D eigenvalue weighted by Crippen LogP contribution is -2.52. The number of aryl methyl sites for hydroxylation is 2. The minimum atomic E-state index is -0.672. The molecule has 4 rings (SSSR count). The lowest BCUT2D eigenvalue weighted by atomic mass is 10.0. The van der Waals surface area contributed by atoms with E-state index in [-0.39, 0.29) is 24.8 Å². The average Bonchev–Trinajstić information content (AvgIpc) is 3.08. The number of carbonyl (C=O) groups is 4. The summed E-state index contributed by atoms with van der Waals surface area (Å²) < 4.78 is 5.30. The van der Waals surface area contributed by atoms with Gasteiger partial charge in [-0.25, -0.2) is 9.64 Å². The molecule has 9 heteroatoms. The van der Waals surface area contributed by atoms with Crippen LogP contribution in [0.1, 0.15) is 45.5 Å². The zero-order valence-corrected chi connectivity index (χ0v) is 18.2. The first kappa shape index (κ1) is 22.0. The van der Waals surface area contributed by atoms with Crippen LogP contribution in [0.2, 0.25) is 0 Å². The normalized spacial score (nSPS) is 17.3. The Morgan fingerprint density at radius 3 is 2.61 bits per heavy atom. The fraction of sp³-hybridized carbons (Fsp3) is 0.292.